The lowest BCUT2D eigenvalue weighted by atomic mass is 10.2. The lowest BCUT2D eigenvalue weighted by Crippen LogP contribution is -2.02. The van der Waals surface area contributed by atoms with Gasteiger partial charge in [-0.2, -0.15) is 0 Å². The molecule has 0 atom stereocenters. The number of ether oxygens (including phenoxy) is 2. The lowest BCUT2D eigenvalue weighted by Gasteiger charge is -2.09. The maximum absolute atomic E-state index is 5.39. The van der Waals surface area contributed by atoms with Crippen molar-refractivity contribution in [3.8, 4) is 22.3 Å². The molecule has 144 valence electrons. The Bertz CT molecular complexity index is 848. The summed E-state index contributed by atoms with van der Waals surface area (Å²) in [6, 6.07) is 7.91. The smallest absolute Gasteiger partial charge is 0.294 e. The second-order valence-corrected chi connectivity index (χ2v) is 7.69. The Hall–Kier alpha value is -2.13. The molecule has 0 aliphatic carbocycles. The van der Waals surface area contributed by atoms with Crippen molar-refractivity contribution in [3.63, 3.8) is 0 Å². The van der Waals surface area contributed by atoms with Gasteiger partial charge in [0.05, 0.1) is 19.5 Å². The fourth-order valence-electron chi connectivity index (χ4n) is 2.47. The number of thioether (sulfide) groups is 1. The van der Waals surface area contributed by atoms with Crippen molar-refractivity contribution in [1.29, 1.82) is 0 Å². The van der Waals surface area contributed by atoms with Crippen LogP contribution in [-0.2, 0) is 12.3 Å². The van der Waals surface area contributed by atoms with Crippen LogP contribution in [0.3, 0.4) is 0 Å². The molecule has 0 aliphatic rings. The van der Waals surface area contributed by atoms with Crippen LogP contribution >= 0.6 is 23.1 Å². The number of methoxy groups -OCH3 is 1. The average Bonchev–Trinajstić information content (AvgIpc) is 3.31. The van der Waals surface area contributed by atoms with Gasteiger partial charge in [0.1, 0.15) is 10.8 Å². The van der Waals surface area contributed by atoms with E-state index in [9.17, 15) is 0 Å². The predicted octanol–water partition coefficient (Wildman–Crippen LogP) is 4.30. The first-order chi connectivity index (χ1) is 13.2. The molecule has 27 heavy (non-hydrogen) atoms. The molecule has 0 saturated heterocycles. The summed E-state index contributed by atoms with van der Waals surface area (Å²) in [6.07, 6.45) is 2.18. The van der Waals surface area contributed by atoms with E-state index in [1.165, 1.54) is 11.3 Å². The van der Waals surface area contributed by atoms with Crippen LogP contribution < -0.4 is 9.47 Å². The molecule has 0 saturated carbocycles. The van der Waals surface area contributed by atoms with Gasteiger partial charge in [-0.1, -0.05) is 36.4 Å². The molecular weight excluding hydrogens is 382 g/mol. The Balaban J connectivity index is 1.78. The molecule has 0 unspecified atom stereocenters. The van der Waals surface area contributed by atoms with Gasteiger partial charge in [0, 0.05) is 12.1 Å². The van der Waals surface area contributed by atoms with E-state index < -0.39 is 0 Å². The van der Waals surface area contributed by atoms with E-state index in [0.29, 0.717) is 17.6 Å². The van der Waals surface area contributed by atoms with E-state index in [0.717, 1.165) is 46.7 Å². The second kappa shape index (κ2) is 9.70. The molecule has 3 aromatic rings. The van der Waals surface area contributed by atoms with E-state index in [-0.39, 0.29) is 0 Å². The molecule has 2 aromatic heterocycles. The minimum atomic E-state index is 0.596. The number of benzene rings is 1. The third-order valence-corrected chi connectivity index (χ3v) is 5.84. The van der Waals surface area contributed by atoms with Crippen LogP contribution in [0.5, 0.6) is 10.9 Å². The van der Waals surface area contributed by atoms with Crippen LogP contribution in [0.2, 0.25) is 0 Å². The van der Waals surface area contributed by atoms with Gasteiger partial charge in [0.25, 0.3) is 5.19 Å². The van der Waals surface area contributed by atoms with Gasteiger partial charge in [0.15, 0.2) is 11.0 Å². The Kier molecular flexibility index (Phi) is 7.05. The zero-order valence-corrected chi connectivity index (χ0v) is 17.3. The van der Waals surface area contributed by atoms with Gasteiger partial charge in [-0.05, 0) is 37.6 Å². The van der Waals surface area contributed by atoms with Crippen LogP contribution in [0.4, 0.5) is 0 Å². The highest BCUT2D eigenvalue weighted by molar-refractivity contribution is 7.98. The number of nitrogens with zero attached hydrogens (tertiary/aromatic N) is 5. The molecule has 1 aromatic carbocycles. The number of unbranched alkanes of at least 4 members (excludes halogenated alkanes) is 1. The van der Waals surface area contributed by atoms with Crippen LogP contribution in [0.15, 0.2) is 29.4 Å². The molecule has 7 nitrogen and oxygen atoms in total. The number of aromatic nitrogens is 5. The Morgan fingerprint density at radius 3 is 2.59 bits per heavy atom. The highest BCUT2D eigenvalue weighted by atomic mass is 32.2. The number of hydrogen-bond acceptors (Lipinski definition) is 8. The van der Waals surface area contributed by atoms with Gasteiger partial charge < -0.3 is 14.0 Å². The van der Waals surface area contributed by atoms with Crippen molar-refractivity contribution >= 4 is 23.1 Å². The summed E-state index contributed by atoms with van der Waals surface area (Å²) in [6.45, 7) is 5.60. The topological polar surface area (TPSA) is 75.0 Å². The van der Waals surface area contributed by atoms with Crippen molar-refractivity contribution in [2.75, 3.05) is 13.7 Å². The summed E-state index contributed by atoms with van der Waals surface area (Å²) < 4.78 is 12.8. The molecule has 0 bridgehead atoms. The Labute approximate surface area is 167 Å². The molecule has 0 N–H and O–H groups in total. The first kappa shape index (κ1) is 19.6. The molecule has 0 radical (unpaired) electrons. The van der Waals surface area contributed by atoms with E-state index >= 15 is 0 Å². The standard InChI is InChI=1S/C18H23N5O2S2/c1-4-6-11-23-16(13-7-9-14(24-3)10-8-13)20-21-17(23)26-12-15-19-22-18(27-15)25-5-2/h7-10H,4-6,11-12H2,1-3H3. The molecule has 0 spiro atoms. The van der Waals surface area contributed by atoms with Crippen molar-refractivity contribution in [3.05, 3.63) is 29.3 Å². The number of rotatable bonds is 10. The van der Waals surface area contributed by atoms with Crippen LogP contribution in [0.1, 0.15) is 31.7 Å². The summed E-state index contributed by atoms with van der Waals surface area (Å²) in [4.78, 5) is 0. The summed E-state index contributed by atoms with van der Waals surface area (Å²) in [5.74, 6) is 2.40. The predicted molar refractivity (Wildman–Crippen MR) is 108 cm³/mol. The normalized spacial score (nSPS) is 10.9. The van der Waals surface area contributed by atoms with E-state index in [4.69, 9.17) is 9.47 Å². The highest BCUT2D eigenvalue weighted by Gasteiger charge is 2.15. The molecular formula is C18H23N5O2S2. The van der Waals surface area contributed by atoms with E-state index in [1.54, 1.807) is 18.9 Å². The molecule has 0 aliphatic heterocycles. The van der Waals surface area contributed by atoms with Crippen molar-refractivity contribution in [2.24, 2.45) is 0 Å². The molecule has 9 heteroatoms. The fraction of sp³-hybridized carbons (Fsp3) is 0.444. The van der Waals surface area contributed by atoms with Crippen LogP contribution in [0, 0.1) is 0 Å². The SMILES string of the molecule is CCCCn1c(SCc2nnc(OCC)s2)nnc1-c1ccc(OC)cc1. The summed E-state index contributed by atoms with van der Waals surface area (Å²) in [5, 5.41) is 19.5. The zero-order valence-electron chi connectivity index (χ0n) is 15.7. The van der Waals surface area contributed by atoms with Gasteiger partial charge in [0.2, 0.25) is 0 Å². The molecule has 2 heterocycles. The van der Waals surface area contributed by atoms with E-state index in [2.05, 4.69) is 31.9 Å². The quantitative estimate of drug-likeness (QED) is 0.466. The molecule has 0 amide bonds. The van der Waals surface area contributed by atoms with Gasteiger partial charge in [-0.15, -0.1) is 20.4 Å². The first-order valence-corrected chi connectivity index (χ1v) is 10.7. The fourth-order valence-corrected chi connectivity index (χ4v) is 4.17. The summed E-state index contributed by atoms with van der Waals surface area (Å²) in [7, 11) is 1.66. The summed E-state index contributed by atoms with van der Waals surface area (Å²) in [5.41, 5.74) is 1.03. The third kappa shape index (κ3) is 4.98. The van der Waals surface area contributed by atoms with Crippen molar-refractivity contribution in [2.45, 2.75) is 44.1 Å². The maximum atomic E-state index is 5.39. The van der Waals surface area contributed by atoms with Crippen LogP contribution in [-0.4, -0.2) is 38.7 Å². The minimum absolute atomic E-state index is 0.596. The van der Waals surface area contributed by atoms with E-state index in [1.807, 2.05) is 31.2 Å². The maximum Gasteiger partial charge on any atom is 0.294 e. The lowest BCUT2D eigenvalue weighted by molar-refractivity contribution is 0.335. The number of hydrogen-bond donors (Lipinski definition) is 0. The zero-order chi connectivity index (χ0) is 19.1. The monoisotopic (exact) mass is 405 g/mol. The van der Waals surface area contributed by atoms with Crippen molar-refractivity contribution < 1.29 is 9.47 Å². The molecule has 0 fully saturated rings. The average molecular weight is 406 g/mol. The molecule has 3 rings (SSSR count). The van der Waals surface area contributed by atoms with Crippen LogP contribution in [0.25, 0.3) is 11.4 Å². The van der Waals surface area contributed by atoms with Gasteiger partial charge in [-0.3, -0.25) is 0 Å². The first-order valence-electron chi connectivity index (χ1n) is 8.90. The highest BCUT2D eigenvalue weighted by Crippen LogP contribution is 2.29. The Morgan fingerprint density at radius 1 is 1.07 bits per heavy atom. The second-order valence-electron chi connectivity index (χ2n) is 5.72. The van der Waals surface area contributed by atoms with Crippen molar-refractivity contribution in [1.82, 2.24) is 25.0 Å². The summed E-state index contributed by atoms with van der Waals surface area (Å²) >= 11 is 3.09. The third-order valence-electron chi connectivity index (χ3n) is 3.84. The minimum Gasteiger partial charge on any atom is -0.497 e. The van der Waals surface area contributed by atoms with Gasteiger partial charge >= 0.3 is 0 Å². The Morgan fingerprint density at radius 2 is 1.89 bits per heavy atom. The largest absolute Gasteiger partial charge is 0.497 e. The van der Waals surface area contributed by atoms with Gasteiger partial charge in [-0.25, -0.2) is 0 Å².